The molecule has 0 N–H and O–H groups in total. The van der Waals surface area contributed by atoms with Gasteiger partial charge in [0.25, 0.3) is 0 Å². The molecule has 0 aliphatic rings. The average Bonchev–Trinajstić information content (AvgIpc) is 1.65. The van der Waals surface area contributed by atoms with Crippen molar-refractivity contribution in [1.82, 2.24) is 0 Å². The van der Waals surface area contributed by atoms with Gasteiger partial charge in [-0.2, -0.15) is 0 Å². The van der Waals surface area contributed by atoms with Crippen LogP contribution in [0.2, 0.25) is 0 Å². The minimum absolute atomic E-state index is 1.54. The molecule has 0 spiro atoms. The van der Waals surface area contributed by atoms with Crippen LogP contribution >= 0.6 is 9.95 Å². The molecule has 0 aliphatic heterocycles. The zero-order valence-electron chi connectivity index (χ0n) is 3.64. The van der Waals surface area contributed by atoms with Gasteiger partial charge in [0.05, 0.1) is 0 Å². The maximum absolute atomic E-state index is 5.35. The fraction of sp³-hybridized carbons (Fsp3) is 1.00. The Morgan fingerprint density at radius 1 is 1.33 bits per heavy atom. The molecule has 2 nitrogen and oxygen atoms in total. The molecule has 0 unspecified atom stereocenters. The van der Waals surface area contributed by atoms with Crippen molar-refractivity contribution in [3.8, 4) is 0 Å². The van der Waals surface area contributed by atoms with E-state index in [0.717, 1.165) is 0 Å². The second-order valence-electron chi connectivity index (χ2n) is 0.578. The third kappa shape index (κ3) is 2.98. The van der Waals surface area contributed by atoms with Gasteiger partial charge in [-0.25, -0.2) is 0 Å². The molecule has 38 valence electrons. The molecule has 0 heterocycles. The maximum atomic E-state index is 5.35. The average molecular weight is 172 g/mol. The first kappa shape index (κ1) is 6.77. The fourth-order valence-electron chi connectivity index (χ4n) is 0.0745. The predicted molar refractivity (Wildman–Crippen MR) is 25.6 cm³/mol. The van der Waals surface area contributed by atoms with Gasteiger partial charge in [-0.05, 0) is 0 Å². The predicted octanol–water partition coefficient (Wildman–Crippen LogP) is 0.503. The first-order valence-electron chi connectivity index (χ1n) is 1.35. The van der Waals surface area contributed by atoms with Crippen LogP contribution in [0.15, 0.2) is 0 Å². The normalized spacial score (nSPS) is 10.0. The van der Waals surface area contributed by atoms with Crippen LogP contribution in [0.3, 0.4) is 0 Å². The van der Waals surface area contributed by atoms with Gasteiger partial charge >= 0.3 is 46.0 Å². The molecule has 0 radical (unpaired) electrons. The molecular formula is C2H6AsClO2. The second kappa shape index (κ2) is 3.94. The molecular weight excluding hydrogens is 166 g/mol. The van der Waals surface area contributed by atoms with Crippen LogP contribution in [0.5, 0.6) is 0 Å². The van der Waals surface area contributed by atoms with Gasteiger partial charge in [0.15, 0.2) is 0 Å². The molecule has 0 bridgehead atoms. The molecule has 6 heavy (non-hydrogen) atoms. The molecule has 0 aromatic rings. The number of hydrogen-bond acceptors (Lipinski definition) is 2. The van der Waals surface area contributed by atoms with Crippen molar-refractivity contribution in [1.29, 1.82) is 0 Å². The summed E-state index contributed by atoms with van der Waals surface area (Å²) in [6.45, 7) is 0. The summed E-state index contributed by atoms with van der Waals surface area (Å²) in [5.74, 6) is 0. The van der Waals surface area contributed by atoms with E-state index in [0.29, 0.717) is 0 Å². The van der Waals surface area contributed by atoms with Gasteiger partial charge in [0.1, 0.15) is 0 Å². The van der Waals surface area contributed by atoms with Gasteiger partial charge in [-0.1, -0.05) is 0 Å². The van der Waals surface area contributed by atoms with E-state index in [1.165, 1.54) is 14.2 Å². The molecule has 0 aliphatic carbocycles. The van der Waals surface area contributed by atoms with E-state index >= 15 is 0 Å². The Hall–Kier alpha value is 0.768. The van der Waals surface area contributed by atoms with Gasteiger partial charge < -0.3 is 0 Å². The quantitative estimate of drug-likeness (QED) is 0.565. The van der Waals surface area contributed by atoms with Gasteiger partial charge in [0.2, 0.25) is 0 Å². The van der Waals surface area contributed by atoms with Crippen LogP contribution in [-0.2, 0) is 7.45 Å². The standard InChI is InChI=1S/C2H6AsClO2/c1-5-3(4)6-2/h1-2H3. The van der Waals surface area contributed by atoms with Gasteiger partial charge in [0, 0.05) is 0 Å². The number of halogens is 1. The molecule has 0 amide bonds. The summed E-state index contributed by atoms with van der Waals surface area (Å²) in [6, 6.07) is 0. The van der Waals surface area contributed by atoms with Crippen LogP contribution in [0.25, 0.3) is 0 Å². The van der Waals surface area contributed by atoms with E-state index in [9.17, 15) is 0 Å². The monoisotopic (exact) mass is 172 g/mol. The molecule has 0 atom stereocenters. The topological polar surface area (TPSA) is 18.5 Å². The van der Waals surface area contributed by atoms with E-state index in [-0.39, 0.29) is 0 Å². The van der Waals surface area contributed by atoms with Crippen molar-refractivity contribution in [2.75, 3.05) is 14.2 Å². The molecule has 0 fully saturated rings. The Labute approximate surface area is 46.5 Å². The SMILES string of the molecule is CO[As](Cl)OC. The Kier molecular flexibility index (Phi) is 4.45. The summed E-state index contributed by atoms with van der Waals surface area (Å²) >= 11 is -1.74. The van der Waals surface area contributed by atoms with E-state index in [1.54, 1.807) is 0 Å². The molecule has 4 heteroatoms. The first-order valence-corrected chi connectivity index (χ1v) is 5.35. The number of hydrogen-bond donors (Lipinski definition) is 0. The molecule has 0 rings (SSSR count). The Balaban J connectivity index is 2.75. The van der Waals surface area contributed by atoms with Crippen LogP contribution in [0.4, 0.5) is 0 Å². The van der Waals surface area contributed by atoms with Crippen molar-refractivity contribution >= 4 is 24.3 Å². The zero-order valence-corrected chi connectivity index (χ0v) is 6.27. The van der Waals surface area contributed by atoms with E-state index in [2.05, 4.69) is 7.45 Å². The van der Waals surface area contributed by atoms with Crippen molar-refractivity contribution in [2.24, 2.45) is 0 Å². The summed E-state index contributed by atoms with van der Waals surface area (Å²) in [4.78, 5) is 0. The third-order valence-corrected chi connectivity index (χ3v) is 2.93. The third-order valence-electron chi connectivity index (χ3n) is 0.287. The van der Waals surface area contributed by atoms with Crippen molar-refractivity contribution in [2.45, 2.75) is 0 Å². The Bertz CT molecular complexity index is 30.7. The minimum atomic E-state index is -1.74. The van der Waals surface area contributed by atoms with E-state index in [1.807, 2.05) is 0 Å². The molecule has 0 aromatic heterocycles. The summed E-state index contributed by atoms with van der Waals surface area (Å²) in [5.41, 5.74) is 0. The summed E-state index contributed by atoms with van der Waals surface area (Å²) < 4.78 is 9.18. The molecule has 0 saturated carbocycles. The Morgan fingerprint density at radius 2 is 1.67 bits per heavy atom. The van der Waals surface area contributed by atoms with Crippen LogP contribution < -0.4 is 0 Å². The summed E-state index contributed by atoms with van der Waals surface area (Å²) in [6.07, 6.45) is 0. The summed E-state index contributed by atoms with van der Waals surface area (Å²) in [7, 11) is 8.43. The van der Waals surface area contributed by atoms with Crippen LogP contribution in [0.1, 0.15) is 0 Å². The Morgan fingerprint density at radius 3 is 1.67 bits per heavy atom. The van der Waals surface area contributed by atoms with Gasteiger partial charge in [-0.3, -0.25) is 0 Å². The van der Waals surface area contributed by atoms with Gasteiger partial charge in [-0.15, -0.1) is 0 Å². The number of rotatable bonds is 2. The fourth-order valence-corrected chi connectivity index (χ4v) is 0.387. The van der Waals surface area contributed by atoms with E-state index < -0.39 is 14.4 Å². The van der Waals surface area contributed by atoms with Crippen molar-refractivity contribution in [3.05, 3.63) is 0 Å². The first-order chi connectivity index (χ1) is 2.81. The zero-order chi connectivity index (χ0) is 4.99. The van der Waals surface area contributed by atoms with Crippen molar-refractivity contribution < 1.29 is 7.45 Å². The van der Waals surface area contributed by atoms with Crippen molar-refractivity contribution in [3.63, 3.8) is 0 Å². The second-order valence-corrected chi connectivity index (χ2v) is 4.44. The summed E-state index contributed by atoms with van der Waals surface area (Å²) in [5, 5.41) is 0. The molecule has 0 saturated heterocycles. The molecule has 0 aromatic carbocycles. The van der Waals surface area contributed by atoms with Crippen LogP contribution in [0, 0.1) is 0 Å². The van der Waals surface area contributed by atoms with E-state index in [4.69, 9.17) is 9.95 Å². The van der Waals surface area contributed by atoms with Crippen LogP contribution in [-0.4, -0.2) is 28.6 Å².